The zero-order chi connectivity index (χ0) is 23.1. The van der Waals surface area contributed by atoms with Crippen LogP contribution in [-0.4, -0.2) is 46.8 Å². The fraction of sp³-hybridized carbons (Fsp3) is 0.333. The van der Waals surface area contributed by atoms with Crippen LogP contribution in [0.5, 0.6) is 11.5 Å². The number of nitrogens with zero attached hydrogens (tertiary/aromatic N) is 4. The molecule has 1 saturated heterocycles. The SMILES string of the molecule is COc1cc2ncnc(N3CCC(n4c(=S)[nH]c5ccc(C)cc5c4=O)CC3)c2cc1OC. The van der Waals surface area contributed by atoms with Gasteiger partial charge in [-0.1, -0.05) is 11.6 Å². The van der Waals surface area contributed by atoms with Crippen molar-refractivity contribution in [3.63, 3.8) is 0 Å². The lowest BCUT2D eigenvalue weighted by atomic mass is 10.0. The molecule has 2 aromatic carbocycles. The number of aryl methyl sites for hydroxylation is 1. The molecule has 170 valence electrons. The molecule has 1 aliphatic rings. The maximum absolute atomic E-state index is 13.3. The molecular formula is C24H25N5O3S. The molecule has 33 heavy (non-hydrogen) atoms. The number of aromatic amines is 1. The summed E-state index contributed by atoms with van der Waals surface area (Å²) >= 11 is 5.57. The third kappa shape index (κ3) is 3.72. The largest absolute Gasteiger partial charge is 0.493 e. The number of H-pyrrole nitrogens is 1. The Morgan fingerprint density at radius 3 is 2.48 bits per heavy atom. The molecule has 0 radical (unpaired) electrons. The van der Waals surface area contributed by atoms with Crippen LogP contribution >= 0.6 is 12.2 Å². The summed E-state index contributed by atoms with van der Waals surface area (Å²) in [6, 6.07) is 9.63. The van der Waals surface area contributed by atoms with Crippen molar-refractivity contribution in [3.8, 4) is 11.5 Å². The van der Waals surface area contributed by atoms with Crippen molar-refractivity contribution in [2.75, 3.05) is 32.2 Å². The minimum atomic E-state index is -0.0276. The molecule has 1 aliphatic heterocycles. The molecule has 9 heteroatoms. The van der Waals surface area contributed by atoms with Gasteiger partial charge in [0.25, 0.3) is 5.56 Å². The Morgan fingerprint density at radius 2 is 1.76 bits per heavy atom. The number of fused-ring (bicyclic) bond motifs is 2. The molecule has 5 rings (SSSR count). The van der Waals surface area contributed by atoms with Gasteiger partial charge in [-0.2, -0.15) is 0 Å². The highest BCUT2D eigenvalue weighted by Crippen LogP contribution is 2.36. The molecule has 1 fully saturated rings. The van der Waals surface area contributed by atoms with Crippen LogP contribution in [0.2, 0.25) is 0 Å². The van der Waals surface area contributed by atoms with Gasteiger partial charge in [-0.3, -0.25) is 9.36 Å². The Bertz CT molecular complexity index is 1470. The van der Waals surface area contributed by atoms with E-state index in [1.54, 1.807) is 25.1 Å². The fourth-order valence-electron chi connectivity index (χ4n) is 4.63. The predicted octanol–water partition coefficient (Wildman–Crippen LogP) is 4.17. The van der Waals surface area contributed by atoms with Crippen molar-refractivity contribution in [3.05, 3.63) is 57.3 Å². The lowest BCUT2D eigenvalue weighted by molar-refractivity contribution is 0.355. The van der Waals surface area contributed by atoms with Crippen LogP contribution < -0.4 is 19.9 Å². The Hall–Kier alpha value is -3.46. The first-order chi connectivity index (χ1) is 16.0. The number of anilines is 1. The number of nitrogens with one attached hydrogen (secondary N) is 1. The standard InChI is InChI=1S/C24H25N5O3S/c1-14-4-5-18-17(10-14)23(30)29(24(33)27-18)15-6-8-28(9-7-15)22-16-11-20(31-2)21(32-3)12-19(16)25-13-26-22/h4-5,10-13,15H,6-9H2,1-3H3,(H,27,33). The first kappa shape index (κ1) is 21.4. The van der Waals surface area contributed by atoms with Crippen LogP contribution in [0, 0.1) is 11.7 Å². The Labute approximate surface area is 195 Å². The van der Waals surface area contributed by atoms with E-state index < -0.39 is 0 Å². The minimum absolute atomic E-state index is 0.0276. The molecule has 0 spiro atoms. The summed E-state index contributed by atoms with van der Waals surface area (Å²) in [5.41, 5.74) is 2.60. The van der Waals surface area contributed by atoms with Crippen molar-refractivity contribution in [1.29, 1.82) is 0 Å². The summed E-state index contributed by atoms with van der Waals surface area (Å²) in [5.74, 6) is 2.12. The van der Waals surface area contributed by atoms with Gasteiger partial charge < -0.3 is 19.4 Å². The van der Waals surface area contributed by atoms with E-state index in [9.17, 15) is 4.79 Å². The predicted molar refractivity (Wildman–Crippen MR) is 131 cm³/mol. The number of rotatable bonds is 4. The van der Waals surface area contributed by atoms with Crippen LogP contribution in [0.4, 0.5) is 5.82 Å². The van der Waals surface area contributed by atoms with Crippen molar-refractivity contribution >= 4 is 39.8 Å². The van der Waals surface area contributed by atoms with E-state index in [4.69, 9.17) is 21.7 Å². The van der Waals surface area contributed by atoms with Gasteiger partial charge >= 0.3 is 0 Å². The van der Waals surface area contributed by atoms with E-state index in [1.807, 2.05) is 37.3 Å². The maximum Gasteiger partial charge on any atom is 0.262 e. The summed E-state index contributed by atoms with van der Waals surface area (Å²) in [5, 5.41) is 1.58. The second-order valence-corrected chi connectivity index (χ2v) is 8.68. The van der Waals surface area contributed by atoms with Crippen LogP contribution in [0.1, 0.15) is 24.4 Å². The molecule has 0 atom stereocenters. The average molecular weight is 464 g/mol. The van der Waals surface area contributed by atoms with Gasteiger partial charge in [-0.15, -0.1) is 0 Å². The summed E-state index contributed by atoms with van der Waals surface area (Å²) < 4.78 is 13.1. The van der Waals surface area contributed by atoms with Crippen molar-refractivity contribution in [2.24, 2.45) is 0 Å². The molecular weight excluding hydrogens is 438 g/mol. The van der Waals surface area contributed by atoms with E-state index in [0.717, 1.165) is 53.7 Å². The minimum Gasteiger partial charge on any atom is -0.493 e. The molecule has 2 aromatic heterocycles. The number of ether oxygens (including phenoxy) is 2. The first-order valence-electron chi connectivity index (χ1n) is 10.9. The maximum atomic E-state index is 13.3. The van der Waals surface area contributed by atoms with Crippen molar-refractivity contribution in [2.45, 2.75) is 25.8 Å². The summed E-state index contributed by atoms with van der Waals surface area (Å²) in [6.07, 6.45) is 3.14. The normalized spacial score (nSPS) is 14.7. The topological polar surface area (TPSA) is 85.3 Å². The smallest absolute Gasteiger partial charge is 0.262 e. The molecule has 4 aromatic rings. The van der Waals surface area contributed by atoms with E-state index in [2.05, 4.69) is 19.9 Å². The molecule has 0 unspecified atom stereocenters. The van der Waals surface area contributed by atoms with Gasteiger partial charge in [-0.25, -0.2) is 9.97 Å². The number of hydrogen-bond acceptors (Lipinski definition) is 7. The van der Waals surface area contributed by atoms with Crippen LogP contribution in [0.15, 0.2) is 41.5 Å². The molecule has 0 saturated carbocycles. The Kier molecular flexibility index (Phi) is 5.49. The highest BCUT2D eigenvalue weighted by atomic mass is 32.1. The number of piperidine rings is 1. The first-order valence-corrected chi connectivity index (χ1v) is 11.3. The highest BCUT2D eigenvalue weighted by Gasteiger charge is 2.25. The Morgan fingerprint density at radius 1 is 1.03 bits per heavy atom. The van der Waals surface area contributed by atoms with Gasteiger partial charge in [0.1, 0.15) is 12.1 Å². The van der Waals surface area contributed by atoms with E-state index in [0.29, 0.717) is 21.7 Å². The van der Waals surface area contributed by atoms with Crippen molar-refractivity contribution < 1.29 is 9.47 Å². The molecule has 8 nitrogen and oxygen atoms in total. The molecule has 0 amide bonds. The zero-order valence-electron chi connectivity index (χ0n) is 18.8. The zero-order valence-corrected chi connectivity index (χ0v) is 19.6. The molecule has 0 bridgehead atoms. The Balaban J connectivity index is 1.46. The number of benzene rings is 2. The summed E-state index contributed by atoms with van der Waals surface area (Å²) in [6.45, 7) is 3.48. The highest BCUT2D eigenvalue weighted by molar-refractivity contribution is 7.71. The van der Waals surface area contributed by atoms with Crippen LogP contribution in [0.25, 0.3) is 21.8 Å². The van der Waals surface area contributed by atoms with Gasteiger partial charge in [0, 0.05) is 30.6 Å². The summed E-state index contributed by atoms with van der Waals surface area (Å²) in [7, 11) is 3.22. The van der Waals surface area contributed by atoms with Crippen molar-refractivity contribution in [1.82, 2.24) is 19.5 Å². The van der Waals surface area contributed by atoms with E-state index in [1.165, 1.54) is 0 Å². The van der Waals surface area contributed by atoms with Gasteiger partial charge in [0.15, 0.2) is 16.3 Å². The van der Waals surface area contributed by atoms with Crippen LogP contribution in [0.3, 0.4) is 0 Å². The number of hydrogen-bond donors (Lipinski definition) is 1. The lowest BCUT2D eigenvalue weighted by Gasteiger charge is -2.34. The second-order valence-electron chi connectivity index (χ2n) is 8.29. The number of aromatic nitrogens is 4. The molecule has 3 heterocycles. The monoisotopic (exact) mass is 463 g/mol. The number of methoxy groups -OCH3 is 2. The fourth-order valence-corrected chi connectivity index (χ4v) is 4.97. The average Bonchev–Trinajstić information content (AvgIpc) is 2.83. The third-order valence-electron chi connectivity index (χ3n) is 6.33. The lowest BCUT2D eigenvalue weighted by Crippen LogP contribution is -2.38. The van der Waals surface area contributed by atoms with E-state index in [-0.39, 0.29) is 11.6 Å². The van der Waals surface area contributed by atoms with Gasteiger partial charge in [0.2, 0.25) is 0 Å². The second kappa shape index (κ2) is 8.47. The van der Waals surface area contributed by atoms with Gasteiger partial charge in [-0.05, 0) is 50.2 Å². The third-order valence-corrected chi connectivity index (χ3v) is 6.63. The summed E-state index contributed by atoms with van der Waals surface area (Å²) in [4.78, 5) is 27.7. The van der Waals surface area contributed by atoms with Crippen LogP contribution in [-0.2, 0) is 0 Å². The quantitative estimate of drug-likeness (QED) is 0.455. The van der Waals surface area contributed by atoms with E-state index >= 15 is 0 Å². The molecule has 1 N–H and O–H groups in total. The van der Waals surface area contributed by atoms with Gasteiger partial charge in [0.05, 0.1) is 30.6 Å². The molecule has 0 aliphatic carbocycles.